The highest BCUT2D eigenvalue weighted by molar-refractivity contribution is 5.19. The fourth-order valence-corrected chi connectivity index (χ4v) is 1.28. The number of nitrogens with one attached hydrogen (secondary N) is 1. The number of alkyl halides is 3. The fourth-order valence-electron chi connectivity index (χ4n) is 1.28. The van der Waals surface area contributed by atoms with Crippen LogP contribution in [0.1, 0.15) is 5.56 Å². The molecule has 0 aromatic heterocycles. The maximum Gasteiger partial charge on any atom is 0.411 e. The molecular weight excluding hydrogens is 276 g/mol. The minimum atomic E-state index is -4.39. The molecule has 0 spiro atoms. The molecule has 0 radical (unpaired) electrons. The summed E-state index contributed by atoms with van der Waals surface area (Å²) in [5.74, 6) is -4.19. The Morgan fingerprint density at radius 3 is 2.16 bits per heavy atom. The number of benzene rings is 1. The van der Waals surface area contributed by atoms with Gasteiger partial charge in [-0.05, 0) is 17.7 Å². The Kier molecular flexibility index (Phi) is 5.61. The van der Waals surface area contributed by atoms with Crippen LogP contribution in [0.15, 0.2) is 12.1 Å². The number of hydrogen-bond acceptors (Lipinski definition) is 2. The molecule has 0 amide bonds. The first-order chi connectivity index (χ1) is 8.79. The van der Waals surface area contributed by atoms with Crippen LogP contribution in [0.5, 0.6) is 0 Å². The van der Waals surface area contributed by atoms with Gasteiger partial charge in [0.25, 0.3) is 0 Å². The second-order valence-electron chi connectivity index (χ2n) is 3.72. The number of hydrogen-bond donors (Lipinski definition) is 1. The molecule has 0 fully saturated rings. The molecule has 1 aromatic rings. The quantitative estimate of drug-likeness (QED) is 0.493. The van der Waals surface area contributed by atoms with Gasteiger partial charge in [0.15, 0.2) is 17.5 Å². The van der Waals surface area contributed by atoms with Crippen LogP contribution < -0.4 is 5.32 Å². The van der Waals surface area contributed by atoms with Gasteiger partial charge in [0, 0.05) is 13.1 Å². The number of rotatable bonds is 6. The van der Waals surface area contributed by atoms with E-state index in [1.165, 1.54) is 0 Å². The summed E-state index contributed by atoms with van der Waals surface area (Å²) in [5, 5.41) is 2.61. The highest BCUT2D eigenvalue weighted by Crippen LogP contribution is 2.14. The van der Waals surface area contributed by atoms with Crippen LogP contribution in [0, 0.1) is 17.5 Å². The third kappa shape index (κ3) is 5.93. The molecule has 2 nitrogen and oxygen atoms in total. The van der Waals surface area contributed by atoms with E-state index in [2.05, 4.69) is 10.1 Å². The summed E-state index contributed by atoms with van der Waals surface area (Å²) in [6.07, 6.45) is -4.39. The molecule has 1 N–H and O–H groups in total. The van der Waals surface area contributed by atoms with Crippen molar-refractivity contribution in [3.8, 4) is 0 Å². The van der Waals surface area contributed by atoms with E-state index < -0.39 is 30.2 Å². The van der Waals surface area contributed by atoms with Crippen LogP contribution in [0.4, 0.5) is 26.3 Å². The van der Waals surface area contributed by atoms with Gasteiger partial charge in [-0.3, -0.25) is 0 Å². The lowest BCUT2D eigenvalue weighted by molar-refractivity contribution is -0.173. The topological polar surface area (TPSA) is 21.3 Å². The Labute approximate surface area is 105 Å². The summed E-state index contributed by atoms with van der Waals surface area (Å²) in [6, 6.07) is 1.62. The van der Waals surface area contributed by atoms with E-state index in [9.17, 15) is 26.3 Å². The summed E-state index contributed by atoms with van der Waals surface area (Å²) >= 11 is 0. The Balaban J connectivity index is 2.27. The summed E-state index contributed by atoms with van der Waals surface area (Å²) < 4.78 is 77.6. The van der Waals surface area contributed by atoms with E-state index in [-0.39, 0.29) is 25.3 Å². The molecule has 0 aliphatic rings. The third-order valence-corrected chi connectivity index (χ3v) is 2.06. The van der Waals surface area contributed by atoms with Crippen molar-refractivity contribution in [2.75, 3.05) is 19.8 Å². The standard InChI is InChI=1S/C11H11F6NO/c12-8-3-7(4-9(13)10(8)14)5-18-1-2-19-6-11(15,16)17/h3-4,18H,1-2,5-6H2. The van der Waals surface area contributed by atoms with Gasteiger partial charge in [-0.2, -0.15) is 13.2 Å². The zero-order chi connectivity index (χ0) is 14.5. The Morgan fingerprint density at radius 2 is 1.63 bits per heavy atom. The van der Waals surface area contributed by atoms with Gasteiger partial charge in [0.2, 0.25) is 0 Å². The molecular formula is C11H11F6NO. The van der Waals surface area contributed by atoms with Crippen LogP contribution in [-0.4, -0.2) is 25.9 Å². The van der Waals surface area contributed by atoms with Crippen LogP contribution in [0.25, 0.3) is 0 Å². The Hall–Kier alpha value is -1.28. The summed E-state index contributed by atoms with van der Waals surface area (Å²) in [6.45, 7) is -1.50. The predicted molar refractivity (Wildman–Crippen MR) is 54.9 cm³/mol. The molecule has 0 aliphatic heterocycles. The van der Waals surface area contributed by atoms with Crippen molar-refractivity contribution in [2.24, 2.45) is 0 Å². The molecule has 0 heterocycles. The molecule has 0 saturated heterocycles. The molecule has 8 heteroatoms. The van der Waals surface area contributed by atoms with Crippen LogP contribution in [-0.2, 0) is 11.3 Å². The lowest BCUT2D eigenvalue weighted by Crippen LogP contribution is -2.23. The van der Waals surface area contributed by atoms with Crippen LogP contribution in [0.3, 0.4) is 0 Å². The van der Waals surface area contributed by atoms with Gasteiger partial charge in [-0.25, -0.2) is 13.2 Å². The average molecular weight is 287 g/mol. The molecule has 0 saturated carbocycles. The van der Waals surface area contributed by atoms with Crippen molar-refractivity contribution in [2.45, 2.75) is 12.7 Å². The normalized spacial score (nSPS) is 11.9. The second kappa shape index (κ2) is 6.76. The largest absolute Gasteiger partial charge is 0.411 e. The first kappa shape index (κ1) is 15.8. The first-order valence-electron chi connectivity index (χ1n) is 5.28. The second-order valence-corrected chi connectivity index (χ2v) is 3.72. The van der Waals surface area contributed by atoms with Crippen LogP contribution in [0.2, 0.25) is 0 Å². The van der Waals surface area contributed by atoms with Crippen molar-refractivity contribution in [1.82, 2.24) is 5.32 Å². The van der Waals surface area contributed by atoms with Crippen molar-refractivity contribution >= 4 is 0 Å². The predicted octanol–water partition coefficient (Wildman–Crippen LogP) is 2.77. The highest BCUT2D eigenvalue weighted by Gasteiger charge is 2.27. The molecule has 1 rings (SSSR count). The smallest absolute Gasteiger partial charge is 0.371 e. The van der Waals surface area contributed by atoms with Gasteiger partial charge < -0.3 is 10.1 Å². The van der Waals surface area contributed by atoms with Gasteiger partial charge >= 0.3 is 6.18 Å². The monoisotopic (exact) mass is 287 g/mol. The van der Waals surface area contributed by atoms with Crippen molar-refractivity contribution in [3.05, 3.63) is 35.1 Å². The molecule has 108 valence electrons. The van der Waals surface area contributed by atoms with E-state index >= 15 is 0 Å². The summed E-state index contributed by atoms with van der Waals surface area (Å²) in [7, 11) is 0. The van der Waals surface area contributed by atoms with E-state index in [0.29, 0.717) is 0 Å². The zero-order valence-electron chi connectivity index (χ0n) is 9.66. The van der Waals surface area contributed by atoms with Crippen molar-refractivity contribution in [1.29, 1.82) is 0 Å². The first-order valence-corrected chi connectivity index (χ1v) is 5.28. The molecule has 0 bridgehead atoms. The van der Waals surface area contributed by atoms with E-state index in [1.807, 2.05) is 0 Å². The lowest BCUT2D eigenvalue weighted by atomic mass is 10.2. The molecule has 0 atom stereocenters. The molecule has 1 aromatic carbocycles. The van der Waals surface area contributed by atoms with Gasteiger partial charge in [-0.1, -0.05) is 0 Å². The lowest BCUT2D eigenvalue weighted by Gasteiger charge is -2.08. The van der Waals surface area contributed by atoms with E-state index in [0.717, 1.165) is 12.1 Å². The summed E-state index contributed by atoms with van der Waals surface area (Å²) in [4.78, 5) is 0. The zero-order valence-corrected chi connectivity index (χ0v) is 9.66. The Morgan fingerprint density at radius 1 is 1.05 bits per heavy atom. The average Bonchev–Trinajstić information content (AvgIpc) is 2.29. The maximum absolute atomic E-state index is 12.8. The molecule has 19 heavy (non-hydrogen) atoms. The molecule has 0 aliphatic carbocycles. The van der Waals surface area contributed by atoms with Crippen LogP contribution >= 0.6 is 0 Å². The minimum absolute atomic E-state index is 0.0104. The number of ether oxygens (including phenoxy) is 1. The third-order valence-electron chi connectivity index (χ3n) is 2.06. The van der Waals surface area contributed by atoms with Gasteiger partial charge in [0.1, 0.15) is 6.61 Å². The summed E-state index contributed by atoms with van der Waals surface area (Å²) in [5.41, 5.74) is 0.146. The Bertz CT molecular complexity index is 397. The van der Waals surface area contributed by atoms with Gasteiger partial charge in [0.05, 0.1) is 6.61 Å². The maximum atomic E-state index is 12.8. The fraction of sp³-hybridized carbons (Fsp3) is 0.455. The van der Waals surface area contributed by atoms with Gasteiger partial charge in [-0.15, -0.1) is 0 Å². The van der Waals surface area contributed by atoms with E-state index in [1.54, 1.807) is 0 Å². The highest BCUT2D eigenvalue weighted by atomic mass is 19.4. The van der Waals surface area contributed by atoms with Crippen molar-refractivity contribution < 1.29 is 31.1 Å². The SMILES string of the molecule is Fc1cc(CNCCOCC(F)(F)F)cc(F)c1F. The minimum Gasteiger partial charge on any atom is -0.371 e. The van der Waals surface area contributed by atoms with E-state index in [4.69, 9.17) is 0 Å². The number of halogens is 6. The van der Waals surface area contributed by atoms with Crippen molar-refractivity contribution in [3.63, 3.8) is 0 Å². The molecule has 0 unspecified atom stereocenters.